The number of hydrogen-bond donors (Lipinski definition) is 1. The highest BCUT2D eigenvalue weighted by molar-refractivity contribution is 6.02. The predicted molar refractivity (Wildman–Crippen MR) is 78.1 cm³/mol. The van der Waals surface area contributed by atoms with Crippen LogP contribution in [-0.2, 0) is 0 Å². The van der Waals surface area contributed by atoms with Crippen molar-refractivity contribution in [2.24, 2.45) is 0 Å². The van der Waals surface area contributed by atoms with Crippen molar-refractivity contribution in [3.8, 4) is 11.3 Å². The molecule has 3 rings (SSSR count). The number of aromatic nitrogens is 4. The van der Waals surface area contributed by atoms with Gasteiger partial charge >= 0.3 is 5.97 Å². The first kappa shape index (κ1) is 13.2. The molecule has 0 fully saturated rings. The summed E-state index contributed by atoms with van der Waals surface area (Å²) in [6, 6.07) is 5.30. The van der Waals surface area contributed by atoms with Gasteiger partial charge in [-0.15, -0.1) is 0 Å². The number of fused-ring (bicyclic) bond motifs is 1. The van der Waals surface area contributed by atoms with Gasteiger partial charge in [-0.3, -0.25) is 4.98 Å². The van der Waals surface area contributed by atoms with Gasteiger partial charge in [0.05, 0.1) is 22.8 Å². The third-order valence-electron chi connectivity index (χ3n) is 3.24. The first-order chi connectivity index (χ1) is 10.1. The van der Waals surface area contributed by atoms with Crippen molar-refractivity contribution in [2.45, 2.75) is 19.9 Å². The molecule has 3 heterocycles. The maximum atomic E-state index is 11.5. The molecule has 0 saturated carbocycles. The number of carboxylic acids is 1. The van der Waals surface area contributed by atoms with Crippen molar-refractivity contribution in [2.75, 3.05) is 0 Å². The van der Waals surface area contributed by atoms with E-state index in [2.05, 4.69) is 15.1 Å². The lowest BCUT2D eigenvalue weighted by Crippen LogP contribution is -2.05. The van der Waals surface area contributed by atoms with Crippen LogP contribution < -0.4 is 0 Å². The molecule has 0 aromatic carbocycles. The number of hydrogen-bond acceptors (Lipinski definition) is 4. The van der Waals surface area contributed by atoms with E-state index >= 15 is 0 Å². The van der Waals surface area contributed by atoms with Crippen LogP contribution in [0.4, 0.5) is 0 Å². The van der Waals surface area contributed by atoms with E-state index in [4.69, 9.17) is 0 Å². The van der Waals surface area contributed by atoms with Crippen molar-refractivity contribution in [1.29, 1.82) is 0 Å². The maximum Gasteiger partial charge on any atom is 0.336 e. The Morgan fingerprint density at radius 3 is 2.76 bits per heavy atom. The molecule has 6 nitrogen and oxygen atoms in total. The Morgan fingerprint density at radius 1 is 1.33 bits per heavy atom. The van der Waals surface area contributed by atoms with E-state index in [0.29, 0.717) is 16.7 Å². The van der Waals surface area contributed by atoms with E-state index in [1.54, 1.807) is 35.4 Å². The van der Waals surface area contributed by atoms with Gasteiger partial charge in [-0.25, -0.2) is 14.5 Å². The highest BCUT2D eigenvalue weighted by Crippen LogP contribution is 2.25. The van der Waals surface area contributed by atoms with Crippen LogP contribution >= 0.6 is 0 Å². The summed E-state index contributed by atoms with van der Waals surface area (Å²) >= 11 is 0. The van der Waals surface area contributed by atoms with E-state index < -0.39 is 5.97 Å². The quantitative estimate of drug-likeness (QED) is 0.798. The number of nitrogens with zero attached hydrogens (tertiary/aromatic N) is 4. The number of carbonyl (C=O) groups is 1. The van der Waals surface area contributed by atoms with Crippen LogP contribution in [0.2, 0.25) is 0 Å². The normalized spacial score (nSPS) is 11.2. The predicted octanol–water partition coefficient (Wildman–Crippen LogP) is 2.77. The third kappa shape index (κ3) is 2.24. The Morgan fingerprint density at radius 2 is 2.14 bits per heavy atom. The van der Waals surface area contributed by atoms with E-state index in [1.807, 2.05) is 19.9 Å². The zero-order valence-corrected chi connectivity index (χ0v) is 11.7. The second kappa shape index (κ2) is 4.97. The Hall–Kier alpha value is -2.76. The fraction of sp³-hybridized carbons (Fsp3) is 0.200. The molecule has 0 aliphatic heterocycles. The van der Waals surface area contributed by atoms with Gasteiger partial charge in [0.1, 0.15) is 0 Å². The van der Waals surface area contributed by atoms with Gasteiger partial charge in [-0.1, -0.05) is 0 Å². The third-order valence-corrected chi connectivity index (χ3v) is 3.24. The number of rotatable bonds is 3. The second-order valence-corrected chi connectivity index (χ2v) is 5.02. The molecular weight excluding hydrogens is 268 g/mol. The topological polar surface area (TPSA) is 80.9 Å². The van der Waals surface area contributed by atoms with Crippen molar-refractivity contribution in [3.05, 3.63) is 42.4 Å². The summed E-state index contributed by atoms with van der Waals surface area (Å²) in [6.07, 6.45) is 4.88. The zero-order chi connectivity index (χ0) is 15.0. The fourth-order valence-electron chi connectivity index (χ4n) is 2.24. The standard InChI is InChI=1S/C15H14N4O2/c1-9(2)19-14-12(8-17-19)11(15(20)21)6-13(18-14)10-4-3-5-16-7-10/h3-9H,1-2H3,(H,20,21). The summed E-state index contributed by atoms with van der Waals surface area (Å²) in [5.41, 5.74) is 2.13. The highest BCUT2D eigenvalue weighted by Gasteiger charge is 2.17. The maximum absolute atomic E-state index is 11.5. The van der Waals surface area contributed by atoms with Gasteiger partial charge in [0.15, 0.2) is 5.65 Å². The lowest BCUT2D eigenvalue weighted by atomic mass is 10.1. The monoisotopic (exact) mass is 282 g/mol. The summed E-state index contributed by atoms with van der Waals surface area (Å²) in [5.74, 6) is -0.990. The second-order valence-electron chi connectivity index (χ2n) is 5.02. The van der Waals surface area contributed by atoms with Gasteiger partial charge in [-0.05, 0) is 32.0 Å². The van der Waals surface area contributed by atoms with Gasteiger partial charge in [0, 0.05) is 24.0 Å². The van der Waals surface area contributed by atoms with E-state index in [-0.39, 0.29) is 11.6 Å². The molecular formula is C15H14N4O2. The van der Waals surface area contributed by atoms with Gasteiger partial charge in [0.2, 0.25) is 0 Å². The van der Waals surface area contributed by atoms with E-state index in [0.717, 1.165) is 5.56 Å². The highest BCUT2D eigenvalue weighted by atomic mass is 16.4. The average molecular weight is 282 g/mol. The number of pyridine rings is 2. The molecule has 3 aromatic rings. The minimum absolute atomic E-state index is 0.0980. The molecule has 0 aliphatic rings. The Bertz CT molecular complexity index is 809. The minimum atomic E-state index is -0.990. The van der Waals surface area contributed by atoms with Crippen LogP contribution in [0.15, 0.2) is 36.8 Å². The van der Waals surface area contributed by atoms with E-state index in [1.165, 1.54) is 0 Å². The lowest BCUT2D eigenvalue weighted by molar-refractivity contribution is 0.0699. The summed E-state index contributed by atoms with van der Waals surface area (Å²) < 4.78 is 1.72. The van der Waals surface area contributed by atoms with Gasteiger partial charge < -0.3 is 5.11 Å². The fourth-order valence-corrected chi connectivity index (χ4v) is 2.24. The molecule has 0 amide bonds. The number of aromatic carboxylic acids is 1. The molecule has 0 spiro atoms. The van der Waals surface area contributed by atoms with Crippen molar-refractivity contribution in [3.63, 3.8) is 0 Å². The Balaban J connectivity index is 2.32. The van der Waals surface area contributed by atoms with Crippen molar-refractivity contribution >= 4 is 17.0 Å². The van der Waals surface area contributed by atoms with Crippen LogP contribution in [0.5, 0.6) is 0 Å². The smallest absolute Gasteiger partial charge is 0.336 e. The summed E-state index contributed by atoms with van der Waals surface area (Å²) in [5, 5.41) is 14.2. The van der Waals surface area contributed by atoms with Crippen LogP contribution in [0.3, 0.4) is 0 Å². The van der Waals surface area contributed by atoms with Crippen LogP contribution in [0, 0.1) is 0 Å². The molecule has 0 bridgehead atoms. The minimum Gasteiger partial charge on any atom is -0.478 e. The summed E-state index contributed by atoms with van der Waals surface area (Å²) in [7, 11) is 0. The van der Waals surface area contributed by atoms with Crippen molar-refractivity contribution in [1.82, 2.24) is 19.7 Å². The molecule has 3 aromatic heterocycles. The zero-order valence-electron chi connectivity index (χ0n) is 11.7. The van der Waals surface area contributed by atoms with Gasteiger partial charge in [0.25, 0.3) is 0 Å². The molecule has 106 valence electrons. The van der Waals surface area contributed by atoms with Crippen LogP contribution in [-0.4, -0.2) is 30.8 Å². The molecule has 1 N–H and O–H groups in total. The summed E-state index contributed by atoms with van der Waals surface area (Å²) in [6.45, 7) is 3.95. The molecule has 6 heteroatoms. The Kier molecular flexibility index (Phi) is 3.13. The Labute approximate surface area is 121 Å². The van der Waals surface area contributed by atoms with Crippen LogP contribution in [0.25, 0.3) is 22.3 Å². The largest absolute Gasteiger partial charge is 0.478 e. The lowest BCUT2D eigenvalue weighted by Gasteiger charge is -2.09. The molecule has 0 aliphatic carbocycles. The SMILES string of the molecule is CC(C)n1ncc2c(C(=O)O)cc(-c3cccnc3)nc21. The summed E-state index contributed by atoms with van der Waals surface area (Å²) in [4.78, 5) is 20.1. The van der Waals surface area contributed by atoms with E-state index in [9.17, 15) is 9.90 Å². The molecule has 0 atom stereocenters. The molecule has 0 radical (unpaired) electrons. The van der Waals surface area contributed by atoms with Crippen LogP contribution in [0.1, 0.15) is 30.2 Å². The molecule has 0 unspecified atom stereocenters. The molecule has 0 saturated heterocycles. The van der Waals surface area contributed by atoms with Crippen molar-refractivity contribution < 1.29 is 9.90 Å². The molecule has 21 heavy (non-hydrogen) atoms. The first-order valence-electron chi connectivity index (χ1n) is 6.60. The number of carboxylic acid groups (broad SMARTS) is 1. The van der Waals surface area contributed by atoms with Gasteiger partial charge in [-0.2, -0.15) is 5.10 Å². The first-order valence-corrected chi connectivity index (χ1v) is 6.60. The average Bonchev–Trinajstić information content (AvgIpc) is 2.90.